The molecule has 0 bridgehead atoms. The summed E-state index contributed by atoms with van der Waals surface area (Å²) in [5.41, 5.74) is 3.80. The molecule has 0 saturated carbocycles. The second-order valence-corrected chi connectivity index (χ2v) is 8.93. The van der Waals surface area contributed by atoms with Crippen molar-refractivity contribution in [3.8, 4) is 11.5 Å². The van der Waals surface area contributed by atoms with Crippen LogP contribution >= 0.6 is 0 Å². The highest BCUT2D eigenvalue weighted by atomic mass is 16.6. The van der Waals surface area contributed by atoms with E-state index in [1.807, 2.05) is 37.3 Å². The molecule has 2 amide bonds. The number of rotatable bonds is 4. The minimum atomic E-state index is -0.575. The molecule has 1 fully saturated rings. The van der Waals surface area contributed by atoms with Gasteiger partial charge in [0.15, 0.2) is 11.5 Å². The molecule has 2 aromatic carbocycles. The maximum absolute atomic E-state index is 12.7. The third kappa shape index (κ3) is 4.43. The lowest BCUT2D eigenvalue weighted by Gasteiger charge is -2.36. The number of amides is 2. The SMILES string of the molecule is Cc1ccc(C2=NC3(CCN(CC(=O)Nc4ccc5c(c4)OCCO5)CC3)NC2=O)cc1C. The summed E-state index contributed by atoms with van der Waals surface area (Å²) in [6.45, 7) is 6.77. The van der Waals surface area contributed by atoms with Gasteiger partial charge < -0.3 is 20.1 Å². The first-order valence-electron chi connectivity index (χ1n) is 11.3. The number of aliphatic imine (C=N–C) groups is 1. The van der Waals surface area contributed by atoms with Crippen LogP contribution in [0, 0.1) is 13.8 Å². The molecule has 2 aromatic rings. The highest BCUT2D eigenvalue weighted by Gasteiger charge is 2.42. The van der Waals surface area contributed by atoms with Crippen molar-refractivity contribution in [2.75, 3.05) is 38.2 Å². The third-order valence-corrected chi connectivity index (χ3v) is 6.54. The molecule has 5 rings (SSSR count). The van der Waals surface area contributed by atoms with Gasteiger partial charge in [-0.3, -0.25) is 19.5 Å². The number of anilines is 1. The van der Waals surface area contributed by atoms with Crippen molar-refractivity contribution in [1.29, 1.82) is 0 Å². The van der Waals surface area contributed by atoms with Gasteiger partial charge in [0.25, 0.3) is 5.91 Å². The molecule has 0 aromatic heterocycles. The zero-order chi connectivity index (χ0) is 23.0. The van der Waals surface area contributed by atoms with E-state index in [2.05, 4.69) is 22.5 Å². The molecule has 3 aliphatic heterocycles. The van der Waals surface area contributed by atoms with Crippen LogP contribution in [0.4, 0.5) is 5.69 Å². The van der Waals surface area contributed by atoms with Gasteiger partial charge in [-0.1, -0.05) is 12.1 Å². The lowest BCUT2D eigenvalue weighted by Crippen LogP contribution is -2.52. The summed E-state index contributed by atoms with van der Waals surface area (Å²) in [7, 11) is 0. The van der Waals surface area contributed by atoms with E-state index < -0.39 is 5.66 Å². The van der Waals surface area contributed by atoms with Gasteiger partial charge in [-0.25, -0.2) is 0 Å². The zero-order valence-corrected chi connectivity index (χ0v) is 18.9. The van der Waals surface area contributed by atoms with E-state index in [0.29, 0.717) is 62.0 Å². The van der Waals surface area contributed by atoms with E-state index in [1.165, 1.54) is 5.56 Å². The summed E-state index contributed by atoms with van der Waals surface area (Å²) >= 11 is 0. The summed E-state index contributed by atoms with van der Waals surface area (Å²) in [6.07, 6.45) is 1.34. The van der Waals surface area contributed by atoms with E-state index in [9.17, 15) is 9.59 Å². The summed E-state index contributed by atoms with van der Waals surface area (Å²) in [5.74, 6) is 1.13. The molecular formula is C25H28N4O4. The quantitative estimate of drug-likeness (QED) is 0.750. The molecule has 3 aliphatic rings. The topological polar surface area (TPSA) is 92.3 Å². The second kappa shape index (κ2) is 8.51. The zero-order valence-electron chi connectivity index (χ0n) is 18.9. The van der Waals surface area contributed by atoms with Crippen molar-refractivity contribution >= 4 is 23.2 Å². The lowest BCUT2D eigenvalue weighted by atomic mass is 9.98. The molecule has 172 valence electrons. The van der Waals surface area contributed by atoms with Crippen molar-refractivity contribution in [1.82, 2.24) is 10.2 Å². The maximum Gasteiger partial charge on any atom is 0.272 e. The van der Waals surface area contributed by atoms with Crippen LogP contribution in [-0.2, 0) is 9.59 Å². The number of benzene rings is 2. The standard InChI is InChI=1S/C25H28N4O4/c1-16-3-4-18(13-17(16)2)23-24(31)28-25(27-23)7-9-29(10-8-25)15-22(30)26-19-5-6-20-21(14-19)33-12-11-32-20/h3-6,13-14H,7-12,15H2,1-2H3,(H,26,30)(H,28,31). The average Bonchev–Trinajstić information content (AvgIpc) is 3.13. The summed E-state index contributed by atoms with van der Waals surface area (Å²) in [4.78, 5) is 32.2. The Hall–Kier alpha value is -3.39. The predicted octanol–water partition coefficient (Wildman–Crippen LogP) is 2.42. The number of carbonyl (C=O) groups is 2. The number of aryl methyl sites for hydroxylation is 2. The third-order valence-electron chi connectivity index (χ3n) is 6.54. The van der Waals surface area contributed by atoms with Gasteiger partial charge in [0.05, 0.1) is 6.54 Å². The van der Waals surface area contributed by atoms with E-state index >= 15 is 0 Å². The number of fused-ring (bicyclic) bond motifs is 1. The van der Waals surface area contributed by atoms with E-state index in [1.54, 1.807) is 6.07 Å². The number of carbonyl (C=O) groups excluding carboxylic acids is 2. The van der Waals surface area contributed by atoms with Crippen LogP contribution in [-0.4, -0.2) is 60.9 Å². The predicted molar refractivity (Wildman–Crippen MR) is 125 cm³/mol. The Kier molecular flexibility index (Phi) is 5.54. The van der Waals surface area contributed by atoms with Crippen LogP contribution in [0.25, 0.3) is 0 Å². The van der Waals surface area contributed by atoms with Gasteiger partial charge in [-0.05, 0) is 43.2 Å². The molecule has 1 saturated heterocycles. The van der Waals surface area contributed by atoms with Crippen LogP contribution in [0.15, 0.2) is 41.4 Å². The van der Waals surface area contributed by atoms with Crippen molar-refractivity contribution in [3.63, 3.8) is 0 Å². The van der Waals surface area contributed by atoms with E-state index in [-0.39, 0.29) is 18.4 Å². The van der Waals surface area contributed by atoms with Gasteiger partial charge >= 0.3 is 0 Å². The monoisotopic (exact) mass is 448 g/mol. The van der Waals surface area contributed by atoms with E-state index in [0.717, 1.165) is 11.1 Å². The van der Waals surface area contributed by atoms with Crippen molar-refractivity contribution in [2.24, 2.45) is 4.99 Å². The molecule has 1 spiro atoms. The number of nitrogens with one attached hydrogen (secondary N) is 2. The fourth-order valence-corrected chi connectivity index (χ4v) is 4.49. The molecule has 2 N–H and O–H groups in total. The van der Waals surface area contributed by atoms with Crippen LogP contribution < -0.4 is 20.1 Å². The van der Waals surface area contributed by atoms with Crippen molar-refractivity contribution in [2.45, 2.75) is 32.4 Å². The molecular weight excluding hydrogens is 420 g/mol. The van der Waals surface area contributed by atoms with Gasteiger partial charge in [-0.15, -0.1) is 0 Å². The Labute approximate surface area is 193 Å². The lowest BCUT2D eigenvalue weighted by molar-refractivity contribution is -0.119. The highest BCUT2D eigenvalue weighted by molar-refractivity contribution is 6.46. The smallest absolute Gasteiger partial charge is 0.272 e. The Morgan fingerprint density at radius 3 is 2.58 bits per heavy atom. The Bertz CT molecular complexity index is 1140. The van der Waals surface area contributed by atoms with Gasteiger partial charge in [0.2, 0.25) is 5.91 Å². The normalized spacial score (nSPS) is 19.2. The van der Waals surface area contributed by atoms with Gasteiger partial charge in [-0.2, -0.15) is 0 Å². The number of ether oxygens (including phenoxy) is 2. The fourth-order valence-electron chi connectivity index (χ4n) is 4.49. The molecule has 0 unspecified atom stereocenters. The number of likely N-dealkylation sites (tertiary alicyclic amines) is 1. The Morgan fingerprint density at radius 2 is 1.82 bits per heavy atom. The molecule has 0 radical (unpaired) electrons. The first-order chi connectivity index (χ1) is 15.9. The van der Waals surface area contributed by atoms with Crippen LogP contribution in [0.1, 0.15) is 29.5 Å². The number of piperidine rings is 1. The van der Waals surface area contributed by atoms with Crippen LogP contribution in [0.2, 0.25) is 0 Å². The largest absolute Gasteiger partial charge is 0.486 e. The van der Waals surface area contributed by atoms with E-state index in [4.69, 9.17) is 14.5 Å². The van der Waals surface area contributed by atoms with Gasteiger partial charge in [0, 0.05) is 43.2 Å². The Balaban J connectivity index is 1.19. The highest BCUT2D eigenvalue weighted by Crippen LogP contribution is 2.33. The first kappa shape index (κ1) is 21.5. The maximum atomic E-state index is 12.7. The molecule has 3 heterocycles. The second-order valence-electron chi connectivity index (χ2n) is 8.93. The fraction of sp³-hybridized carbons (Fsp3) is 0.400. The summed E-state index contributed by atoms with van der Waals surface area (Å²) < 4.78 is 11.1. The molecule has 33 heavy (non-hydrogen) atoms. The minimum Gasteiger partial charge on any atom is -0.486 e. The molecule has 0 aliphatic carbocycles. The van der Waals surface area contributed by atoms with Gasteiger partial charge in [0.1, 0.15) is 24.6 Å². The van der Waals surface area contributed by atoms with Crippen LogP contribution in [0.5, 0.6) is 11.5 Å². The first-order valence-corrected chi connectivity index (χ1v) is 11.3. The minimum absolute atomic E-state index is 0.0857. The molecule has 0 atom stereocenters. The average molecular weight is 449 g/mol. The summed E-state index contributed by atoms with van der Waals surface area (Å²) in [5, 5.41) is 6.03. The molecule has 8 nitrogen and oxygen atoms in total. The number of nitrogens with zero attached hydrogens (tertiary/aromatic N) is 2. The molecule has 8 heteroatoms. The van der Waals surface area contributed by atoms with Crippen molar-refractivity contribution in [3.05, 3.63) is 53.1 Å². The van der Waals surface area contributed by atoms with Crippen LogP contribution in [0.3, 0.4) is 0 Å². The number of hydrogen-bond acceptors (Lipinski definition) is 6. The summed E-state index contributed by atoms with van der Waals surface area (Å²) in [6, 6.07) is 11.4. The number of hydrogen-bond donors (Lipinski definition) is 2. The Morgan fingerprint density at radius 1 is 1.06 bits per heavy atom. The van der Waals surface area contributed by atoms with Crippen molar-refractivity contribution < 1.29 is 19.1 Å².